The molecule has 5 nitrogen and oxygen atoms in total. The number of carbonyl (C=O) groups is 2. The van der Waals surface area contributed by atoms with E-state index in [-0.39, 0.29) is 23.0 Å². The molecular formula is C21H21NO4S. The van der Waals surface area contributed by atoms with E-state index in [0.29, 0.717) is 18.8 Å². The van der Waals surface area contributed by atoms with Crippen molar-refractivity contribution in [3.05, 3.63) is 59.7 Å². The molecule has 0 saturated carbocycles. The number of thioether (sulfide) groups is 1. The molecule has 2 heterocycles. The van der Waals surface area contributed by atoms with E-state index in [0.717, 1.165) is 29.0 Å². The van der Waals surface area contributed by atoms with Crippen LogP contribution in [0, 0.1) is 0 Å². The number of hydrogen-bond acceptors (Lipinski definition) is 5. The second-order valence-electron chi connectivity index (χ2n) is 6.69. The standard InChI is InChI=1S/C21H21NO4S/c1-25-19(23)13-27-14-10-11-22(12-14)21(24)20-15-6-2-4-8-17(15)26-18-9-5-3-7-16(18)20/h2-9,14,20H,10-13H2,1H3/t14-/m1/s1. The predicted octanol–water partition coefficient (Wildman–Crippen LogP) is 3.43. The highest BCUT2D eigenvalue weighted by Crippen LogP contribution is 2.45. The van der Waals surface area contributed by atoms with Gasteiger partial charge in [-0.05, 0) is 18.6 Å². The SMILES string of the molecule is COC(=O)CS[C@@H]1CCN(C(=O)C2c3ccccc3Oc3ccccc32)C1. The van der Waals surface area contributed by atoms with Crippen LogP contribution in [-0.4, -0.2) is 48.0 Å². The van der Waals surface area contributed by atoms with Crippen molar-refractivity contribution in [1.82, 2.24) is 4.90 Å². The highest BCUT2D eigenvalue weighted by molar-refractivity contribution is 8.00. The number of benzene rings is 2. The number of nitrogens with zero attached hydrogens (tertiary/aromatic N) is 1. The highest BCUT2D eigenvalue weighted by atomic mass is 32.2. The molecule has 0 aliphatic carbocycles. The maximum atomic E-state index is 13.4. The van der Waals surface area contributed by atoms with E-state index < -0.39 is 0 Å². The molecule has 2 aromatic rings. The molecule has 1 saturated heterocycles. The topological polar surface area (TPSA) is 55.8 Å². The minimum Gasteiger partial charge on any atom is -0.468 e. The van der Waals surface area contributed by atoms with Crippen LogP contribution in [0.25, 0.3) is 0 Å². The molecule has 0 spiro atoms. The third-order valence-electron chi connectivity index (χ3n) is 5.05. The molecule has 4 rings (SSSR count). The van der Waals surface area contributed by atoms with Crippen LogP contribution in [0.1, 0.15) is 23.5 Å². The number of amides is 1. The normalized spacial score (nSPS) is 18.4. The molecule has 0 N–H and O–H groups in total. The van der Waals surface area contributed by atoms with Crippen LogP contribution in [0.5, 0.6) is 11.5 Å². The number of carbonyl (C=O) groups excluding carboxylic acids is 2. The van der Waals surface area contributed by atoms with Crippen LogP contribution in [0.15, 0.2) is 48.5 Å². The Morgan fingerprint density at radius 2 is 1.74 bits per heavy atom. The van der Waals surface area contributed by atoms with Crippen molar-refractivity contribution in [3.63, 3.8) is 0 Å². The maximum Gasteiger partial charge on any atom is 0.315 e. The van der Waals surface area contributed by atoms with E-state index >= 15 is 0 Å². The molecule has 0 aromatic heterocycles. The van der Waals surface area contributed by atoms with Crippen LogP contribution in [0.3, 0.4) is 0 Å². The molecule has 140 valence electrons. The molecule has 2 aliphatic rings. The van der Waals surface area contributed by atoms with Gasteiger partial charge < -0.3 is 14.4 Å². The van der Waals surface area contributed by atoms with E-state index in [1.807, 2.05) is 53.4 Å². The molecular weight excluding hydrogens is 362 g/mol. The molecule has 1 fully saturated rings. The fraction of sp³-hybridized carbons (Fsp3) is 0.333. The largest absolute Gasteiger partial charge is 0.468 e. The average Bonchev–Trinajstić information content (AvgIpc) is 3.18. The lowest BCUT2D eigenvalue weighted by molar-refractivity contribution is -0.137. The number of para-hydroxylation sites is 2. The molecule has 1 atom stereocenters. The van der Waals surface area contributed by atoms with E-state index in [9.17, 15) is 9.59 Å². The number of likely N-dealkylation sites (tertiary alicyclic amines) is 1. The summed E-state index contributed by atoms with van der Waals surface area (Å²) in [4.78, 5) is 26.7. The van der Waals surface area contributed by atoms with Gasteiger partial charge in [0.05, 0.1) is 18.8 Å². The Kier molecular flexibility index (Phi) is 5.07. The predicted molar refractivity (Wildman–Crippen MR) is 104 cm³/mol. The second-order valence-corrected chi connectivity index (χ2v) is 7.98. The van der Waals surface area contributed by atoms with Crippen LogP contribution < -0.4 is 4.74 Å². The molecule has 0 radical (unpaired) electrons. The van der Waals surface area contributed by atoms with Crippen LogP contribution in [0.4, 0.5) is 0 Å². The van der Waals surface area contributed by atoms with Gasteiger partial charge in [-0.1, -0.05) is 36.4 Å². The zero-order chi connectivity index (χ0) is 18.8. The quantitative estimate of drug-likeness (QED) is 0.757. The summed E-state index contributed by atoms with van der Waals surface area (Å²) in [5, 5.41) is 0.262. The Hall–Kier alpha value is -2.47. The van der Waals surface area contributed by atoms with Crippen LogP contribution >= 0.6 is 11.8 Å². The molecule has 2 aliphatic heterocycles. The first kappa shape index (κ1) is 17.9. The highest BCUT2D eigenvalue weighted by Gasteiger charge is 2.37. The number of hydrogen-bond donors (Lipinski definition) is 0. The first-order valence-corrected chi connectivity index (χ1v) is 10.0. The van der Waals surface area contributed by atoms with Crippen LogP contribution in [0.2, 0.25) is 0 Å². The van der Waals surface area contributed by atoms with Crippen molar-refractivity contribution in [2.45, 2.75) is 17.6 Å². The maximum absolute atomic E-state index is 13.4. The summed E-state index contributed by atoms with van der Waals surface area (Å²) < 4.78 is 10.7. The molecule has 1 amide bonds. The Morgan fingerprint density at radius 3 is 2.37 bits per heavy atom. The third kappa shape index (κ3) is 3.54. The number of rotatable bonds is 4. The summed E-state index contributed by atoms with van der Waals surface area (Å²) in [6.45, 7) is 1.36. The Bertz CT molecular complexity index is 823. The van der Waals surface area contributed by atoms with Gasteiger partial charge in [-0.15, -0.1) is 11.8 Å². The Morgan fingerprint density at radius 1 is 1.11 bits per heavy atom. The Labute approximate surface area is 162 Å². The first-order valence-electron chi connectivity index (χ1n) is 9.00. The number of fused-ring (bicyclic) bond motifs is 2. The summed E-state index contributed by atoms with van der Waals surface area (Å²) in [5.74, 6) is 1.33. The second kappa shape index (κ2) is 7.64. The smallest absolute Gasteiger partial charge is 0.315 e. The van der Waals surface area contributed by atoms with E-state index in [2.05, 4.69) is 0 Å². The number of methoxy groups -OCH3 is 1. The monoisotopic (exact) mass is 383 g/mol. The number of ether oxygens (including phenoxy) is 2. The van der Waals surface area contributed by atoms with E-state index in [4.69, 9.17) is 9.47 Å². The van der Waals surface area contributed by atoms with Crippen molar-refractivity contribution in [3.8, 4) is 11.5 Å². The van der Waals surface area contributed by atoms with Gasteiger partial charge >= 0.3 is 5.97 Å². The molecule has 2 aromatic carbocycles. The fourth-order valence-electron chi connectivity index (χ4n) is 3.67. The van der Waals surface area contributed by atoms with Crippen LogP contribution in [-0.2, 0) is 14.3 Å². The van der Waals surface area contributed by atoms with Gasteiger partial charge in [0.1, 0.15) is 11.5 Å². The summed E-state index contributed by atoms with van der Waals surface area (Å²) in [5.41, 5.74) is 1.82. The van der Waals surface area contributed by atoms with Gasteiger partial charge in [-0.25, -0.2) is 0 Å². The van der Waals surface area contributed by atoms with Crippen molar-refractivity contribution in [2.24, 2.45) is 0 Å². The van der Waals surface area contributed by atoms with Gasteiger partial charge in [-0.3, -0.25) is 9.59 Å². The number of esters is 1. The zero-order valence-corrected chi connectivity index (χ0v) is 15.9. The molecule has 0 unspecified atom stereocenters. The van der Waals surface area contributed by atoms with Crippen molar-refractivity contribution in [1.29, 1.82) is 0 Å². The summed E-state index contributed by atoms with van der Waals surface area (Å²) in [6.07, 6.45) is 0.889. The molecule has 27 heavy (non-hydrogen) atoms. The fourth-order valence-corrected chi connectivity index (χ4v) is 4.71. The summed E-state index contributed by atoms with van der Waals surface area (Å²) in [6, 6.07) is 15.5. The lowest BCUT2D eigenvalue weighted by Crippen LogP contribution is -2.35. The minimum atomic E-state index is -0.351. The first-order chi connectivity index (χ1) is 13.2. The summed E-state index contributed by atoms with van der Waals surface area (Å²) in [7, 11) is 1.40. The summed E-state index contributed by atoms with van der Waals surface area (Å²) >= 11 is 1.56. The lowest BCUT2D eigenvalue weighted by Gasteiger charge is -2.30. The zero-order valence-electron chi connectivity index (χ0n) is 15.1. The van der Waals surface area contributed by atoms with Gasteiger partial charge in [0.15, 0.2) is 0 Å². The van der Waals surface area contributed by atoms with Gasteiger partial charge in [0.2, 0.25) is 5.91 Å². The van der Waals surface area contributed by atoms with Gasteiger partial charge in [0.25, 0.3) is 0 Å². The van der Waals surface area contributed by atoms with Crippen molar-refractivity contribution < 1.29 is 19.1 Å². The third-order valence-corrected chi connectivity index (χ3v) is 6.31. The molecule has 0 bridgehead atoms. The van der Waals surface area contributed by atoms with E-state index in [1.165, 1.54) is 7.11 Å². The minimum absolute atomic E-state index is 0.0966. The van der Waals surface area contributed by atoms with Gasteiger partial charge in [0, 0.05) is 29.5 Å². The average molecular weight is 383 g/mol. The van der Waals surface area contributed by atoms with Crippen molar-refractivity contribution >= 4 is 23.6 Å². The lowest BCUT2D eigenvalue weighted by atomic mass is 9.87. The molecule has 6 heteroatoms. The van der Waals surface area contributed by atoms with Gasteiger partial charge in [-0.2, -0.15) is 0 Å². The Balaban J connectivity index is 1.55. The van der Waals surface area contributed by atoms with E-state index in [1.54, 1.807) is 11.8 Å². The van der Waals surface area contributed by atoms with Crippen molar-refractivity contribution in [2.75, 3.05) is 26.0 Å².